The first-order valence-electron chi connectivity index (χ1n) is 14.0. The van der Waals surface area contributed by atoms with Gasteiger partial charge in [-0.3, -0.25) is 19.8 Å². The zero-order valence-electron chi connectivity index (χ0n) is 24.5. The molecule has 3 aromatic carbocycles. The van der Waals surface area contributed by atoms with E-state index in [1.54, 1.807) is 0 Å². The number of aromatic amines is 1. The van der Waals surface area contributed by atoms with E-state index in [9.17, 15) is 14.8 Å². The molecular weight excluding hydrogens is 599 g/mol. The number of fused-ring (bicyclic) bond motifs is 1. The minimum Gasteiger partial charge on any atom is -0.384 e. The molecule has 4 atom stereocenters. The SMILES string of the molecule is COC1(OC)[C@@H](O)[C@@H](COP(N)O)O[C@]1(n1cnc2c(=O)[nH]c(N)nc21)C(c1ccccc1)(c1ccccc1)c1ccccc1. The fraction of sp³-hybridized carbons (Fsp3) is 0.258. The summed E-state index contributed by atoms with van der Waals surface area (Å²) in [6, 6.07) is 28.5. The van der Waals surface area contributed by atoms with Gasteiger partial charge in [-0.2, -0.15) is 4.98 Å². The van der Waals surface area contributed by atoms with E-state index in [-0.39, 0.29) is 23.7 Å². The molecule has 1 saturated heterocycles. The van der Waals surface area contributed by atoms with E-state index in [2.05, 4.69) is 15.0 Å². The standard InChI is InChI=1S/C31H33N6O7P/c1-41-30(42-2)25(38)23(18-43-45(33)40)44-31(30,37-19-34-24-26(37)35-28(32)36-27(24)39)29(20-12-6-3-7-13-20,21-14-8-4-9-15-21)22-16-10-5-11-17-22/h3-17,19,23,25,38,40H,18,33H2,1-2H3,(H3,32,35,36,39)/t23-,25+,31-,45?/m1/s1. The Morgan fingerprint density at radius 3 is 1.96 bits per heavy atom. The summed E-state index contributed by atoms with van der Waals surface area (Å²) in [5.74, 6) is -2.23. The molecule has 3 heterocycles. The quantitative estimate of drug-likeness (QED) is 0.0862. The maximum atomic E-state index is 13.1. The molecule has 7 N–H and O–H groups in total. The number of aliphatic hydroxyl groups is 1. The zero-order valence-corrected chi connectivity index (χ0v) is 25.4. The number of aliphatic hydroxyl groups excluding tert-OH is 1. The number of aromatic nitrogens is 4. The van der Waals surface area contributed by atoms with Crippen LogP contribution in [-0.4, -0.2) is 68.3 Å². The number of ether oxygens (including phenoxy) is 3. The van der Waals surface area contributed by atoms with Gasteiger partial charge in [-0.25, -0.2) is 4.98 Å². The molecule has 0 amide bonds. The van der Waals surface area contributed by atoms with Gasteiger partial charge < -0.3 is 34.5 Å². The Kier molecular flexibility index (Phi) is 8.29. The Balaban J connectivity index is 1.88. The minimum absolute atomic E-state index is 0.0357. The fourth-order valence-corrected chi connectivity index (χ4v) is 7.05. The first-order chi connectivity index (χ1) is 21.8. The molecule has 0 saturated carbocycles. The average Bonchev–Trinajstić information content (AvgIpc) is 3.59. The van der Waals surface area contributed by atoms with Crippen molar-refractivity contribution in [2.24, 2.45) is 5.50 Å². The molecule has 1 unspecified atom stereocenters. The van der Waals surface area contributed by atoms with Crippen LogP contribution in [0.2, 0.25) is 0 Å². The summed E-state index contributed by atoms with van der Waals surface area (Å²) < 4.78 is 26.6. The Bertz CT molecular complexity index is 1720. The van der Waals surface area contributed by atoms with E-state index < -0.39 is 43.2 Å². The summed E-state index contributed by atoms with van der Waals surface area (Å²) in [6.45, 7) is -0.340. The van der Waals surface area contributed by atoms with Gasteiger partial charge in [-0.05, 0) is 16.7 Å². The largest absolute Gasteiger partial charge is 0.384 e. The molecule has 0 aliphatic carbocycles. The number of rotatable bonds is 10. The van der Waals surface area contributed by atoms with Crippen LogP contribution in [0.25, 0.3) is 11.2 Å². The van der Waals surface area contributed by atoms with Crippen LogP contribution in [0.1, 0.15) is 16.7 Å². The lowest BCUT2D eigenvalue weighted by Crippen LogP contribution is -2.69. The number of anilines is 1. The summed E-state index contributed by atoms with van der Waals surface area (Å²) in [6.07, 6.45) is -1.37. The van der Waals surface area contributed by atoms with Crippen molar-refractivity contribution in [2.45, 2.75) is 29.1 Å². The first kappa shape index (κ1) is 31.0. The third-order valence-electron chi connectivity index (χ3n) is 8.41. The molecule has 1 aliphatic rings. The summed E-state index contributed by atoms with van der Waals surface area (Å²) in [5.41, 5.74) is 9.78. The van der Waals surface area contributed by atoms with Crippen molar-refractivity contribution < 1.29 is 28.7 Å². The van der Waals surface area contributed by atoms with Gasteiger partial charge in [-0.15, -0.1) is 0 Å². The third kappa shape index (κ3) is 4.51. The lowest BCUT2D eigenvalue weighted by Gasteiger charge is -2.55. The normalized spacial score (nSPS) is 22.1. The third-order valence-corrected chi connectivity index (χ3v) is 8.82. The lowest BCUT2D eigenvalue weighted by atomic mass is 9.59. The number of nitrogens with two attached hydrogens (primary N) is 2. The Morgan fingerprint density at radius 2 is 1.49 bits per heavy atom. The fourth-order valence-electron chi connectivity index (χ4n) is 6.75. The molecule has 0 radical (unpaired) electrons. The lowest BCUT2D eigenvalue weighted by molar-refractivity contribution is -0.337. The van der Waals surface area contributed by atoms with Crippen molar-refractivity contribution in [3.05, 3.63) is 124 Å². The van der Waals surface area contributed by atoms with Crippen LogP contribution in [-0.2, 0) is 29.9 Å². The number of H-pyrrole nitrogens is 1. The van der Waals surface area contributed by atoms with Crippen molar-refractivity contribution in [3.63, 3.8) is 0 Å². The van der Waals surface area contributed by atoms with E-state index in [0.717, 1.165) is 0 Å². The molecular formula is C31H33N6O7P. The van der Waals surface area contributed by atoms with Crippen molar-refractivity contribution in [1.29, 1.82) is 0 Å². The number of nitrogens with one attached hydrogen (secondary N) is 1. The zero-order chi connectivity index (χ0) is 31.8. The van der Waals surface area contributed by atoms with E-state index in [1.807, 2.05) is 91.0 Å². The van der Waals surface area contributed by atoms with Crippen LogP contribution >= 0.6 is 8.53 Å². The van der Waals surface area contributed by atoms with Crippen LogP contribution in [0.15, 0.2) is 102 Å². The van der Waals surface area contributed by atoms with E-state index >= 15 is 0 Å². The van der Waals surface area contributed by atoms with E-state index in [4.69, 9.17) is 30.0 Å². The Hall–Kier alpha value is -4.04. The van der Waals surface area contributed by atoms with Crippen molar-refractivity contribution in [2.75, 3.05) is 26.6 Å². The molecule has 13 nitrogen and oxygen atoms in total. The monoisotopic (exact) mass is 632 g/mol. The summed E-state index contributed by atoms with van der Waals surface area (Å²) in [7, 11) is 0.455. The molecule has 0 spiro atoms. The molecule has 2 aromatic heterocycles. The number of benzene rings is 3. The Labute approximate surface area is 259 Å². The molecule has 45 heavy (non-hydrogen) atoms. The molecule has 234 valence electrons. The van der Waals surface area contributed by atoms with Crippen molar-refractivity contribution in [1.82, 2.24) is 19.5 Å². The second-order valence-corrected chi connectivity index (χ2v) is 11.4. The number of nitrogen functional groups attached to an aromatic ring is 1. The highest BCUT2D eigenvalue weighted by atomic mass is 31.2. The second kappa shape index (κ2) is 12.0. The number of methoxy groups -OCH3 is 2. The maximum Gasteiger partial charge on any atom is 0.280 e. The first-order valence-corrected chi connectivity index (χ1v) is 15.3. The predicted molar refractivity (Wildman–Crippen MR) is 167 cm³/mol. The molecule has 14 heteroatoms. The van der Waals surface area contributed by atoms with Gasteiger partial charge in [0, 0.05) is 14.2 Å². The molecule has 5 aromatic rings. The molecule has 0 bridgehead atoms. The highest BCUT2D eigenvalue weighted by Gasteiger charge is 2.78. The van der Waals surface area contributed by atoms with Gasteiger partial charge >= 0.3 is 0 Å². The van der Waals surface area contributed by atoms with E-state index in [1.165, 1.54) is 25.1 Å². The van der Waals surface area contributed by atoms with Crippen molar-refractivity contribution in [3.8, 4) is 0 Å². The average molecular weight is 633 g/mol. The highest BCUT2D eigenvalue weighted by Crippen LogP contribution is 2.62. The molecule has 1 aliphatic heterocycles. The van der Waals surface area contributed by atoms with Crippen LogP contribution in [0, 0.1) is 0 Å². The van der Waals surface area contributed by atoms with Gasteiger partial charge in [0.15, 0.2) is 11.2 Å². The summed E-state index contributed by atoms with van der Waals surface area (Å²) >= 11 is 0. The van der Waals surface area contributed by atoms with Crippen LogP contribution < -0.4 is 16.8 Å². The number of imidazole rings is 1. The number of hydrogen-bond acceptors (Lipinski definition) is 11. The van der Waals surface area contributed by atoms with Crippen LogP contribution in [0.4, 0.5) is 5.95 Å². The van der Waals surface area contributed by atoms with Gasteiger partial charge in [-0.1, -0.05) is 91.0 Å². The highest BCUT2D eigenvalue weighted by molar-refractivity contribution is 7.43. The summed E-state index contributed by atoms with van der Waals surface area (Å²) in [5, 5.41) is 12.2. The molecule has 6 rings (SSSR count). The summed E-state index contributed by atoms with van der Waals surface area (Å²) in [4.78, 5) is 34.5. The molecule has 1 fully saturated rings. The Morgan fingerprint density at radius 1 is 0.978 bits per heavy atom. The maximum absolute atomic E-state index is 13.1. The van der Waals surface area contributed by atoms with Gasteiger partial charge in [0.05, 0.1) is 18.3 Å². The van der Waals surface area contributed by atoms with E-state index in [0.29, 0.717) is 16.7 Å². The van der Waals surface area contributed by atoms with Crippen molar-refractivity contribution >= 4 is 25.6 Å². The second-order valence-electron chi connectivity index (χ2n) is 10.5. The minimum atomic E-state index is -2.31. The number of hydrogen-bond donors (Lipinski definition) is 5. The smallest absolute Gasteiger partial charge is 0.280 e. The number of nitrogens with zero attached hydrogens (tertiary/aromatic N) is 3. The van der Waals surface area contributed by atoms with Gasteiger partial charge in [0.2, 0.25) is 26.0 Å². The van der Waals surface area contributed by atoms with Crippen LogP contribution in [0.5, 0.6) is 0 Å². The topological polar surface area (TPSA) is 193 Å². The van der Waals surface area contributed by atoms with Gasteiger partial charge in [0.1, 0.15) is 12.2 Å². The van der Waals surface area contributed by atoms with Crippen LogP contribution in [0.3, 0.4) is 0 Å². The van der Waals surface area contributed by atoms with Gasteiger partial charge in [0.25, 0.3) is 5.56 Å². The predicted octanol–water partition coefficient (Wildman–Crippen LogP) is 2.33.